The fraction of sp³-hybridized carbons (Fsp3) is 0.364. The van der Waals surface area contributed by atoms with Crippen LogP contribution in [-0.2, 0) is 7.05 Å². The van der Waals surface area contributed by atoms with Gasteiger partial charge in [0.2, 0.25) is 0 Å². The summed E-state index contributed by atoms with van der Waals surface area (Å²) in [6, 6.07) is 5.94. The molecule has 0 amide bonds. The number of hydrogen-bond acceptors (Lipinski definition) is 2. The molecule has 0 atom stereocenters. The van der Waals surface area contributed by atoms with Crippen molar-refractivity contribution in [2.45, 2.75) is 19.8 Å². The molecular formula is C11H15N3. The minimum Gasteiger partial charge on any atom is -0.399 e. The Hall–Kier alpha value is -1.51. The monoisotopic (exact) mass is 189 g/mol. The van der Waals surface area contributed by atoms with Crippen molar-refractivity contribution in [1.82, 2.24) is 9.78 Å². The Bertz CT molecular complexity index is 469. The Morgan fingerprint density at radius 2 is 2.07 bits per heavy atom. The average Bonchev–Trinajstić information content (AvgIpc) is 2.44. The van der Waals surface area contributed by atoms with Gasteiger partial charge in [0.15, 0.2) is 0 Å². The lowest BCUT2D eigenvalue weighted by Gasteiger charge is -1.99. The van der Waals surface area contributed by atoms with E-state index in [1.54, 1.807) is 0 Å². The van der Waals surface area contributed by atoms with Crippen molar-refractivity contribution < 1.29 is 0 Å². The summed E-state index contributed by atoms with van der Waals surface area (Å²) in [6.07, 6.45) is 0. The lowest BCUT2D eigenvalue weighted by Crippen LogP contribution is -1.93. The molecule has 74 valence electrons. The summed E-state index contributed by atoms with van der Waals surface area (Å²) in [5, 5.41) is 5.70. The molecule has 2 rings (SSSR count). The van der Waals surface area contributed by atoms with Gasteiger partial charge in [-0.2, -0.15) is 5.10 Å². The van der Waals surface area contributed by atoms with Gasteiger partial charge in [-0.05, 0) is 24.1 Å². The molecule has 0 radical (unpaired) electrons. The Labute approximate surface area is 83.5 Å². The van der Waals surface area contributed by atoms with Crippen molar-refractivity contribution in [3.63, 3.8) is 0 Å². The highest BCUT2D eigenvalue weighted by Gasteiger charge is 2.11. The van der Waals surface area contributed by atoms with Crippen LogP contribution >= 0.6 is 0 Å². The van der Waals surface area contributed by atoms with E-state index in [0.717, 1.165) is 16.9 Å². The third-order valence-corrected chi connectivity index (χ3v) is 2.45. The molecule has 2 aromatic rings. The molecular weight excluding hydrogens is 174 g/mol. The minimum absolute atomic E-state index is 0.447. The van der Waals surface area contributed by atoms with Crippen LogP contribution in [0.3, 0.4) is 0 Å². The topological polar surface area (TPSA) is 43.8 Å². The molecule has 3 heteroatoms. The molecule has 0 aliphatic carbocycles. The molecule has 0 aliphatic rings. The second kappa shape index (κ2) is 3.01. The molecule has 1 aromatic carbocycles. The molecule has 0 saturated carbocycles. The molecule has 0 bridgehead atoms. The van der Waals surface area contributed by atoms with Gasteiger partial charge in [-0.3, -0.25) is 4.68 Å². The average molecular weight is 189 g/mol. The van der Waals surface area contributed by atoms with Crippen molar-refractivity contribution in [2.75, 3.05) is 5.73 Å². The SMILES string of the molecule is CC(C)c1nn(C)c2cc(N)ccc12. The van der Waals surface area contributed by atoms with E-state index < -0.39 is 0 Å². The predicted molar refractivity (Wildman–Crippen MR) is 59.2 cm³/mol. The quantitative estimate of drug-likeness (QED) is 0.699. The third kappa shape index (κ3) is 1.25. The first kappa shape index (κ1) is 9.06. The summed E-state index contributed by atoms with van der Waals surface area (Å²) in [5.41, 5.74) is 8.77. The Balaban J connectivity index is 2.77. The van der Waals surface area contributed by atoms with E-state index in [0.29, 0.717) is 5.92 Å². The number of anilines is 1. The second-order valence-corrected chi connectivity index (χ2v) is 3.94. The summed E-state index contributed by atoms with van der Waals surface area (Å²) < 4.78 is 1.89. The zero-order valence-electron chi connectivity index (χ0n) is 8.78. The van der Waals surface area contributed by atoms with E-state index in [9.17, 15) is 0 Å². The van der Waals surface area contributed by atoms with Crippen molar-refractivity contribution in [3.8, 4) is 0 Å². The lowest BCUT2D eigenvalue weighted by molar-refractivity contribution is 0.729. The summed E-state index contributed by atoms with van der Waals surface area (Å²) in [6.45, 7) is 4.30. The molecule has 14 heavy (non-hydrogen) atoms. The van der Waals surface area contributed by atoms with Gasteiger partial charge in [-0.15, -0.1) is 0 Å². The van der Waals surface area contributed by atoms with Crippen LogP contribution in [0.2, 0.25) is 0 Å². The Morgan fingerprint density at radius 3 is 2.71 bits per heavy atom. The van der Waals surface area contributed by atoms with Gasteiger partial charge in [-0.1, -0.05) is 13.8 Å². The summed E-state index contributed by atoms with van der Waals surface area (Å²) in [7, 11) is 1.95. The molecule has 1 heterocycles. The van der Waals surface area contributed by atoms with E-state index in [1.165, 1.54) is 5.39 Å². The largest absolute Gasteiger partial charge is 0.399 e. The number of aromatic nitrogens is 2. The highest BCUT2D eigenvalue weighted by molar-refractivity contribution is 5.85. The van der Waals surface area contributed by atoms with Gasteiger partial charge in [0, 0.05) is 18.1 Å². The molecule has 0 unspecified atom stereocenters. The predicted octanol–water partition coefficient (Wildman–Crippen LogP) is 2.28. The summed E-state index contributed by atoms with van der Waals surface area (Å²) in [4.78, 5) is 0. The van der Waals surface area contributed by atoms with Crippen molar-refractivity contribution in [1.29, 1.82) is 0 Å². The van der Waals surface area contributed by atoms with E-state index in [2.05, 4.69) is 18.9 Å². The van der Waals surface area contributed by atoms with Gasteiger partial charge < -0.3 is 5.73 Å². The standard InChI is InChI=1S/C11H15N3/c1-7(2)11-9-5-4-8(12)6-10(9)14(3)13-11/h4-7H,12H2,1-3H3. The van der Waals surface area contributed by atoms with Gasteiger partial charge in [0.05, 0.1) is 11.2 Å². The number of nitrogens with zero attached hydrogens (tertiary/aromatic N) is 2. The summed E-state index contributed by atoms with van der Waals surface area (Å²) >= 11 is 0. The van der Waals surface area contributed by atoms with Gasteiger partial charge >= 0.3 is 0 Å². The van der Waals surface area contributed by atoms with Gasteiger partial charge in [0.25, 0.3) is 0 Å². The number of rotatable bonds is 1. The molecule has 1 aromatic heterocycles. The number of nitrogens with two attached hydrogens (primary N) is 1. The number of benzene rings is 1. The zero-order valence-corrected chi connectivity index (χ0v) is 8.78. The van der Waals surface area contributed by atoms with E-state index in [4.69, 9.17) is 5.73 Å². The molecule has 0 fully saturated rings. The van der Waals surface area contributed by atoms with Gasteiger partial charge in [-0.25, -0.2) is 0 Å². The van der Waals surface area contributed by atoms with Crippen LogP contribution in [0.1, 0.15) is 25.5 Å². The van der Waals surface area contributed by atoms with Crippen LogP contribution in [0.25, 0.3) is 10.9 Å². The van der Waals surface area contributed by atoms with Crippen molar-refractivity contribution in [3.05, 3.63) is 23.9 Å². The molecule has 3 nitrogen and oxygen atoms in total. The first-order valence-electron chi connectivity index (χ1n) is 4.81. The van der Waals surface area contributed by atoms with E-state index >= 15 is 0 Å². The van der Waals surface area contributed by atoms with Crippen LogP contribution in [0, 0.1) is 0 Å². The zero-order chi connectivity index (χ0) is 10.3. The fourth-order valence-electron chi connectivity index (χ4n) is 1.73. The van der Waals surface area contributed by atoms with E-state index in [-0.39, 0.29) is 0 Å². The number of fused-ring (bicyclic) bond motifs is 1. The highest BCUT2D eigenvalue weighted by atomic mass is 15.3. The summed E-state index contributed by atoms with van der Waals surface area (Å²) in [5.74, 6) is 0.447. The van der Waals surface area contributed by atoms with Crippen LogP contribution in [0.5, 0.6) is 0 Å². The van der Waals surface area contributed by atoms with Crippen molar-refractivity contribution in [2.24, 2.45) is 7.05 Å². The molecule has 2 N–H and O–H groups in total. The number of hydrogen-bond donors (Lipinski definition) is 1. The maximum absolute atomic E-state index is 5.74. The smallest absolute Gasteiger partial charge is 0.0728 e. The first-order valence-corrected chi connectivity index (χ1v) is 4.81. The minimum atomic E-state index is 0.447. The van der Waals surface area contributed by atoms with Gasteiger partial charge in [0.1, 0.15) is 0 Å². The molecule has 0 saturated heterocycles. The normalized spacial score (nSPS) is 11.4. The lowest BCUT2D eigenvalue weighted by atomic mass is 10.1. The molecule has 0 aliphatic heterocycles. The fourth-order valence-corrected chi connectivity index (χ4v) is 1.73. The highest BCUT2D eigenvalue weighted by Crippen LogP contribution is 2.25. The third-order valence-electron chi connectivity index (χ3n) is 2.45. The second-order valence-electron chi connectivity index (χ2n) is 3.94. The van der Waals surface area contributed by atoms with Crippen LogP contribution in [0.4, 0.5) is 5.69 Å². The first-order chi connectivity index (χ1) is 6.59. The number of nitrogen functional groups attached to an aromatic ring is 1. The van der Waals surface area contributed by atoms with Crippen LogP contribution < -0.4 is 5.73 Å². The Kier molecular flexibility index (Phi) is 1.95. The number of aryl methyl sites for hydroxylation is 1. The van der Waals surface area contributed by atoms with E-state index in [1.807, 2.05) is 29.9 Å². The van der Waals surface area contributed by atoms with Crippen LogP contribution in [0.15, 0.2) is 18.2 Å². The molecule has 0 spiro atoms. The maximum atomic E-state index is 5.74. The Morgan fingerprint density at radius 1 is 1.36 bits per heavy atom. The maximum Gasteiger partial charge on any atom is 0.0728 e. The van der Waals surface area contributed by atoms with Crippen LogP contribution in [-0.4, -0.2) is 9.78 Å². The van der Waals surface area contributed by atoms with Crippen molar-refractivity contribution >= 4 is 16.6 Å².